The zero-order chi connectivity index (χ0) is 16.2. The van der Waals surface area contributed by atoms with Crippen molar-refractivity contribution in [2.45, 2.75) is 4.90 Å². The Kier molecular flexibility index (Phi) is 5.50. The van der Waals surface area contributed by atoms with Gasteiger partial charge in [0.05, 0.1) is 23.9 Å². The second-order valence-corrected chi connectivity index (χ2v) is 8.53. The number of nitrogens with one attached hydrogen (secondary N) is 1. The van der Waals surface area contributed by atoms with Crippen LogP contribution in [0.5, 0.6) is 0 Å². The van der Waals surface area contributed by atoms with Gasteiger partial charge in [0.15, 0.2) is 0 Å². The summed E-state index contributed by atoms with van der Waals surface area (Å²) in [6.45, 7) is 0.959. The molecule has 22 heavy (non-hydrogen) atoms. The van der Waals surface area contributed by atoms with E-state index in [1.54, 1.807) is 0 Å². The smallest absolute Gasteiger partial charge is 0.240 e. The first-order chi connectivity index (χ1) is 10.3. The lowest BCUT2D eigenvalue weighted by atomic mass is 10.4. The number of morpholine rings is 1. The molecule has 1 aromatic rings. The molecule has 124 valence electrons. The normalized spacial score (nSPS) is 17.5. The second-order valence-electron chi connectivity index (χ2n) is 4.68. The minimum atomic E-state index is -3.85. The molecule has 1 fully saturated rings. The fourth-order valence-corrected chi connectivity index (χ4v) is 4.44. The van der Waals surface area contributed by atoms with E-state index in [9.17, 15) is 21.2 Å². The molecule has 1 heterocycles. The maximum absolute atomic E-state index is 12.8. The Morgan fingerprint density at radius 1 is 1.09 bits per heavy atom. The van der Waals surface area contributed by atoms with Gasteiger partial charge in [0, 0.05) is 19.6 Å². The van der Waals surface area contributed by atoms with Gasteiger partial charge in [-0.3, -0.25) is 0 Å². The highest BCUT2D eigenvalue weighted by Crippen LogP contribution is 2.10. The van der Waals surface area contributed by atoms with E-state index in [2.05, 4.69) is 4.72 Å². The maximum Gasteiger partial charge on any atom is 0.240 e. The number of benzene rings is 1. The topological polar surface area (TPSA) is 92.8 Å². The Balaban J connectivity index is 1.93. The van der Waals surface area contributed by atoms with Crippen LogP contribution in [0.3, 0.4) is 0 Å². The van der Waals surface area contributed by atoms with Crippen LogP contribution in [0.25, 0.3) is 0 Å². The Labute approximate surface area is 129 Å². The van der Waals surface area contributed by atoms with Gasteiger partial charge in [0.2, 0.25) is 20.0 Å². The molecular weight excluding hydrogens is 335 g/mol. The van der Waals surface area contributed by atoms with Crippen LogP contribution in [0.1, 0.15) is 0 Å². The van der Waals surface area contributed by atoms with Crippen molar-refractivity contribution in [3.05, 3.63) is 30.1 Å². The zero-order valence-electron chi connectivity index (χ0n) is 11.7. The van der Waals surface area contributed by atoms with Gasteiger partial charge in [-0.25, -0.2) is 25.9 Å². The lowest BCUT2D eigenvalue weighted by molar-refractivity contribution is 0.0730. The third-order valence-corrected chi connectivity index (χ3v) is 6.49. The van der Waals surface area contributed by atoms with Crippen molar-refractivity contribution in [2.24, 2.45) is 0 Å². The van der Waals surface area contributed by atoms with Gasteiger partial charge in [-0.2, -0.15) is 4.31 Å². The molecule has 0 radical (unpaired) electrons. The number of nitrogens with zero attached hydrogens (tertiary/aromatic N) is 1. The van der Waals surface area contributed by atoms with E-state index in [1.807, 2.05) is 0 Å². The highest BCUT2D eigenvalue weighted by atomic mass is 32.2. The minimum Gasteiger partial charge on any atom is -0.379 e. The van der Waals surface area contributed by atoms with Crippen LogP contribution < -0.4 is 4.72 Å². The van der Waals surface area contributed by atoms with Crippen molar-refractivity contribution in [2.75, 3.05) is 38.6 Å². The van der Waals surface area contributed by atoms with Gasteiger partial charge in [-0.15, -0.1) is 0 Å². The summed E-state index contributed by atoms with van der Waals surface area (Å²) in [6.07, 6.45) is 0. The van der Waals surface area contributed by atoms with Crippen molar-refractivity contribution in [3.63, 3.8) is 0 Å². The third-order valence-electron chi connectivity index (χ3n) is 3.14. The zero-order valence-corrected chi connectivity index (χ0v) is 13.4. The fourth-order valence-electron chi connectivity index (χ4n) is 1.96. The Bertz CT molecular complexity index is 698. The molecule has 0 saturated carbocycles. The van der Waals surface area contributed by atoms with Crippen LogP contribution in [0.4, 0.5) is 4.39 Å². The van der Waals surface area contributed by atoms with Crippen molar-refractivity contribution in [1.82, 2.24) is 9.03 Å². The molecule has 0 atom stereocenters. The fraction of sp³-hybridized carbons (Fsp3) is 0.500. The lowest BCUT2D eigenvalue weighted by Gasteiger charge is -2.26. The van der Waals surface area contributed by atoms with Gasteiger partial charge in [-0.1, -0.05) is 0 Å². The summed E-state index contributed by atoms with van der Waals surface area (Å²) in [5, 5.41) is 0. The summed E-state index contributed by atoms with van der Waals surface area (Å²) in [7, 11) is -7.38. The van der Waals surface area contributed by atoms with Crippen LogP contribution >= 0.6 is 0 Å². The number of ether oxygens (including phenoxy) is 1. The quantitative estimate of drug-likeness (QED) is 0.763. The first kappa shape index (κ1) is 17.3. The number of halogens is 1. The van der Waals surface area contributed by atoms with Crippen molar-refractivity contribution < 1.29 is 26.0 Å². The standard InChI is InChI=1S/C12H17FN2O5S2/c13-11-1-3-12(4-2-11)22(18,19)14-5-10-21(16,17)15-6-8-20-9-7-15/h1-4,14H,5-10H2. The maximum atomic E-state index is 12.8. The van der Waals surface area contributed by atoms with E-state index in [0.717, 1.165) is 24.3 Å². The SMILES string of the molecule is O=S(=O)(NCCS(=O)(=O)N1CCOCC1)c1ccc(F)cc1. The van der Waals surface area contributed by atoms with Crippen LogP contribution in [-0.4, -0.2) is 59.7 Å². The molecule has 0 aromatic heterocycles. The van der Waals surface area contributed by atoms with E-state index in [4.69, 9.17) is 4.74 Å². The highest BCUT2D eigenvalue weighted by Gasteiger charge is 2.24. The molecule has 0 bridgehead atoms. The average molecular weight is 352 g/mol. The number of hydrogen-bond donors (Lipinski definition) is 1. The molecule has 1 aliphatic rings. The molecule has 7 nitrogen and oxygen atoms in total. The summed E-state index contributed by atoms with van der Waals surface area (Å²) in [5.74, 6) is -0.887. The first-order valence-corrected chi connectivity index (χ1v) is 9.71. The molecule has 2 rings (SSSR count). The molecule has 0 aliphatic carbocycles. The number of sulfonamides is 2. The molecule has 0 spiro atoms. The van der Waals surface area contributed by atoms with Gasteiger partial charge >= 0.3 is 0 Å². The molecule has 1 saturated heterocycles. The Morgan fingerprint density at radius 3 is 2.27 bits per heavy atom. The summed E-state index contributed by atoms with van der Waals surface area (Å²) in [4.78, 5) is -0.113. The Hall–Kier alpha value is -1.07. The summed E-state index contributed by atoms with van der Waals surface area (Å²) >= 11 is 0. The molecule has 0 amide bonds. The van der Waals surface area contributed by atoms with Gasteiger partial charge in [0.1, 0.15) is 5.82 Å². The van der Waals surface area contributed by atoms with Gasteiger partial charge in [-0.05, 0) is 24.3 Å². The third kappa shape index (κ3) is 4.46. The Morgan fingerprint density at radius 2 is 1.68 bits per heavy atom. The van der Waals surface area contributed by atoms with Crippen LogP contribution in [0.15, 0.2) is 29.2 Å². The summed E-state index contributed by atoms with van der Waals surface area (Å²) in [5.41, 5.74) is 0. The average Bonchev–Trinajstić information content (AvgIpc) is 2.48. The van der Waals surface area contributed by atoms with Crippen molar-refractivity contribution >= 4 is 20.0 Å². The van der Waals surface area contributed by atoms with Crippen molar-refractivity contribution in [1.29, 1.82) is 0 Å². The van der Waals surface area contributed by atoms with E-state index >= 15 is 0 Å². The monoisotopic (exact) mass is 352 g/mol. The first-order valence-electron chi connectivity index (χ1n) is 6.62. The molecule has 1 aromatic carbocycles. The summed E-state index contributed by atoms with van der Waals surface area (Å²) in [6, 6.07) is 4.29. The van der Waals surface area contributed by atoms with Crippen LogP contribution in [0, 0.1) is 5.82 Å². The predicted molar refractivity (Wildman–Crippen MR) is 77.8 cm³/mol. The predicted octanol–water partition coefficient (Wildman–Crippen LogP) is -0.234. The molecule has 0 unspecified atom stereocenters. The van der Waals surface area contributed by atoms with Crippen LogP contribution in [0.2, 0.25) is 0 Å². The van der Waals surface area contributed by atoms with E-state index < -0.39 is 25.9 Å². The molecule has 1 aliphatic heterocycles. The van der Waals surface area contributed by atoms with E-state index in [1.165, 1.54) is 4.31 Å². The minimum absolute atomic E-state index is 0.113. The van der Waals surface area contributed by atoms with Gasteiger partial charge in [0.25, 0.3) is 0 Å². The van der Waals surface area contributed by atoms with E-state index in [0.29, 0.717) is 13.2 Å². The largest absolute Gasteiger partial charge is 0.379 e. The van der Waals surface area contributed by atoms with Gasteiger partial charge < -0.3 is 4.74 Å². The van der Waals surface area contributed by atoms with E-state index in [-0.39, 0.29) is 30.3 Å². The highest BCUT2D eigenvalue weighted by molar-refractivity contribution is 7.90. The molecule has 1 N–H and O–H groups in total. The second kappa shape index (κ2) is 7.01. The number of rotatable bonds is 6. The summed E-state index contributed by atoms with van der Waals surface area (Å²) < 4.78 is 69.3. The lowest BCUT2D eigenvalue weighted by Crippen LogP contribution is -2.43. The van der Waals surface area contributed by atoms with Crippen molar-refractivity contribution in [3.8, 4) is 0 Å². The number of hydrogen-bond acceptors (Lipinski definition) is 5. The molecular formula is C12H17FN2O5S2. The van der Waals surface area contributed by atoms with Crippen LogP contribution in [-0.2, 0) is 24.8 Å². The molecule has 10 heteroatoms.